The summed E-state index contributed by atoms with van der Waals surface area (Å²) in [5.41, 5.74) is 1.16. The fourth-order valence-electron chi connectivity index (χ4n) is 3.07. The lowest BCUT2D eigenvalue weighted by Crippen LogP contribution is -2.57. The minimum absolute atomic E-state index is 0.112. The van der Waals surface area contributed by atoms with Crippen LogP contribution in [0.25, 0.3) is 5.41 Å². The third kappa shape index (κ3) is 3.01. The van der Waals surface area contributed by atoms with Crippen LogP contribution in [-0.2, 0) is 9.59 Å². The Labute approximate surface area is 148 Å². The Morgan fingerprint density at radius 1 is 1.23 bits per heavy atom. The van der Waals surface area contributed by atoms with Crippen LogP contribution in [0.4, 0.5) is 5.69 Å². The molecule has 26 heavy (non-hydrogen) atoms. The first-order valence-corrected chi connectivity index (χ1v) is 7.76. The molecule has 8 heteroatoms. The maximum Gasteiger partial charge on any atom is 0.296 e. The third-order valence-electron chi connectivity index (χ3n) is 4.25. The number of imide groups is 1. The van der Waals surface area contributed by atoms with Crippen molar-refractivity contribution in [2.75, 3.05) is 0 Å². The number of nitrogens with zero attached hydrogens (tertiary/aromatic N) is 3. The van der Waals surface area contributed by atoms with Crippen LogP contribution in [0.5, 0.6) is 0 Å². The van der Waals surface area contributed by atoms with Gasteiger partial charge < -0.3 is 5.41 Å². The van der Waals surface area contributed by atoms with Gasteiger partial charge >= 0.3 is 0 Å². The molecule has 2 aromatic rings. The van der Waals surface area contributed by atoms with Gasteiger partial charge in [-0.1, -0.05) is 12.1 Å². The van der Waals surface area contributed by atoms with Crippen molar-refractivity contribution in [3.05, 3.63) is 81.0 Å². The first-order chi connectivity index (χ1) is 12.4. The smallest absolute Gasteiger partial charge is 0.296 e. The van der Waals surface area contributed by atoms with Gasteiger partial charge in [-0.25, -0.2) is 0 Å². The summed E-state index contributed by atoms with van der Waals surface area (Å²) in [5.74, 6) is -0.239. The maximum atomic E-state index is 12.6. The Balaban J connectivity index is 2.16. The summed E-state index contributed by atoms with van der Waals surface area (Å²) in [4.78, 5) is 35.0. The van der Waals surface area contributed by atoms with E-state index >= 15 is 0 Å². The molecule has 3 rings (SSSR count). The molecule has 1 aromatic carbocycles. The molecule has 1 N–H and O–H groups in total. The van der Waals surface area contributed by atoms with Gasteiger partial charge in [0.2, 0.25) is 6.04 Å². The number of non-ortho nitro benzene ring substituents is 1. The van der Waals surface area contributed by atoms with Gasteiger partial charge in [-0.3, -0.25) is 30.9 Å². The van der Waals surface area contributed by atoms with Gasteiger partial charge in [0.25, 0.3) is 17.5 Å². The standard InChI is InChI=1S/C18H14N4O4/c1-11-3-2-8-21(10-11)16-15(14(9-19)17(23)20-18(16)24)12-4-6-13(7-5-12)22(25)26/h2-8,10,15-16H,1H3,(H,20,23,24). The van der Waals surface area contributed by atoms with Crippen molar-refractivity contribution in [1.29, 1.82) is 0 Å². The summed E-state index contributed by atoms with van der Waals surface area (Å²) in [6, 6.07) is 8.28. The Morgan fingerprint density at radius 2 is 1.92 bits per heavy atom. The van der Waals surface area contributed by atoms with E-state index in [4.69, 9.17) is 0 Å². The summed E-state index contributed by atoms with van der Waals surface area (Å²) in [6.07, 6.45) is 3.42. The molecule has 8 nitrogen and oxygen atoms in total. The number of piperidine rings is 1. The van der Waals surface area contributed by atoms with Gasteiger partial charge in [0, 0.05) is 23.8 Å². The van der Waals surface area contributed by atoms with Gasteiger partial charge in [0.1, 0.15) is 0 Å². The first kappa shape index (κ1) is 17.2. The number of rotatable bonds is 3. The monoisotopic (exact) mass is 350 g/mol. The number of amides is 2. The molecule has 0 aliphatic carbocycles. The minimum atomic E-state index is -0.858. The largest absolute Gasteiger partial charge is 0.763 e. The number of pyridine rings is 1. The number of hydrogen-bond donors (Lipinski definition) is 1. The molecule has 0 spiro atoms. The number of hydrogen-bond acceptors (Lipinski definition) is 4. The highest BCUT2D eigenvalue weighted by atomic mass is 16.6. The van der Waals surface area contributed by atoms with Crippen LogP contribution in [0.3, 0.4) is 0 Å². The quantitative estimate of drug-likeness (QED) is 0.224. The fourth-order valence-corrected chi connectivity index (χ4v) is 3.07. The summed E-state index contributed by atoms with van der Waals surface area (Å²) < 4.78 is 1.64. The number of nitro groups is 1. The lowest BCUT2D eigenvalue weighted by molar-refractivity contribution is -0.711. The predicted molar refractivity (Wildman–Crippen MR) is 91.3 cm³/mol. The van der Waals surface area contributed by atoms with E-state index in [9.17, 15) is 25.1 Å². The van der Waals surface area contributed by atoms with Crippen LogP contribution in [0.15, 0.2) is 54.4 Å². The second-order valence-corrected chi connectivity index (χ2v) is 5.94. The molecule has 2 unspecified atom stereocenters. The zero-order valence-electron chi connectivity index (χ0n) is 13.7. The van der Waals surface area contributed by atoms with E-state index < -0.39 is 28.7 Å². The Kier molecular flexibility index (Phi) is 4.43. The Morgan fingerprint density at radius 3 is 2.50 bits per heavy atom. The number of carbonyl (C=O) groups is 2. The predicted octanol–water partition coefficient (Wildman–Crippen LogP) is 1.34. The van der Waals surface area contributed by atoms with Crippen LogP contribution >= 0.6 is 0 Å². The highest BCUT2D eigenvalue weighted by molar-refractivity contribution is 6.14. The molecule has 2 atom stereocenters. The Hall–Kier alpha value is -3.64. The number of aryl methyl sites for hydroxylation is 1. The average Bonchev–Trinajstić information content (AvgIpc) is 2.61. The lowest BCUT2D eigenvalue weighted by atomic mass is 9.81. The van der Waals surface area contributed by atoms with Crippen molar-refractivity contribution in [1.82, 2.24) is 5.32 Å². The zero-order valence-corrected chi connectivity index (χ0v) is 13.7. The molecule has 0 radical (unpaired) electrons. The molecule has 0 bridgehead atoms. The van der Waals surface area contributed by atoms with E-state index in [2.05, 4.69) is 5.32 Å². The molecule has 1 fully saturated rings. The van der Waals surface area contributed by atoms with Gasteiger partial charge in [0.05, 0.1) is 16.4 Å². The van der Waals surface area contributed by atoms with E-state index in [1.54, 1.807) is 23.0 Å². The summed E-state index contributed by atoms with van der Waals surface area (Å²) in [7, 11) is 0. The molecular formula is C18H14N4O4. The van der Waals surface area contributed by atoms with Crippen molar-refractivity contribution in [3.63, 3.8) is 0 Å². The molecule has 1 aliphatic rings. The SMILES string of the molecule is Cc1ccc[n+](C2C(=O)NC(=O)C(=C=[N-])C2c2ccc([N+](=O)[O-])cc2)c1. The minimum Gasteiger partial charge on any atom is -0.763 e. The topological polar surface area (TPSA) is 115 Å². The van der Waals surface area contributed by atoms with Crippen molar-refractivity contribution >= 4 is 23.4 Å². The second kappa shape index (κ2) is 6.70. The number of nitrogens with one attached hydrogen (secondary N) is 1. The number of carbonyl (C=O) groups excluding carboxylic acids is 2. The van der Waals surface area contributed by atoms with Crippen LogP contribution in [0.2, 0.25) is 0 Å². The summed E-state index contributed by atoms with van der Waals surface area (Å²) >= 11 is 0. The Bertz CT molecular complexity index is 961. The van der Waals surface area contributed by atoms with Gasteiger partial charge in [0.15, 0.2) is 12.4 Å². The molecule has 1 aliphatic heterocycles. The van der Waals surface area contributed by atoms with Gasteiger partial charge in [-0.2, -0.15) is 4.57 Å². The molecule has 130 valence electrons. The van der Waals surface area contributed by atoms with Crippen LogP contribution in [-0.4, -0.2) is 22.6 Å². The summed E-state index contributed by atoms with van der Waals surface area (Å²) in [6.45, 7) is 1.86. The second-order valence-electron chi connectivity index (χ2n) is 5.94. The van der Waals surface area contributed by atoms with Crippen LogP contribution in [0.1, 0.15) is 23.1 Å². The summed E-state index contributed by atoms with van der Waals surface area (Å²) in [5, 5.41) is 22.5. The molecule has 2 amide bonds. The zero-order chi connectivity index (χ0) is 18.8. The normalized spacial score (nSPS) is 19.7. The van der Waals surface area contributed by atoms with E-state index in [1.807, 2.05) is 18.9 Å². The first-order valence-electron chi connectivity index (χ1n) is 7.76. The van der Waals surface area contributed by atoms with E-state index in [0.717, 1.165) is 5.56 Å². The molecule has 2 heterocycles. The van der Waals surface area contributed by atoms with Gasteiger partial charge in [-0.15, -0.1) is 0 Å². The third-order valence-corrected chi connectivity index (χ3v) is 4.25. The molecule has 1 aromatic heterocycles. The van der Waals surface area contributed by atoms with E-state index in [1.165, 1.54) is 24.3 Å². The average molecular weight is 350 g/mol. The maximum absolute atomic E-state index is 12.6. The highest BCUT2D eigenvalue weighted by Crippen LogP contribution is 2.35. The lowest BCUT2D eigenvalue weighted by Gasteiger charge is -2.28. The molecule has 1 saturated heterocycles. The van der Waals surface area contributed by atoms with Crippen molar-refractivity contribution < 1.29 is 19.1 Å². The number of nitro benzene ring substituents is 1. The van der Waals surface area contributed by atoms with E-state index in [-0.39, 0.29) is 11.3 Å². The van der Waals surface area contributed by atoms with Crippen LogP contribution in [0, 0.1) is 17.0 Å². The van der Waals surface area contributed by atoms with Gasteiger partial charge in [-0.05, 0) is 18.6 Å². The molecule has 0 saturated carbocycles. The molecular weight excluding hydrogens is 336 g/mol. The van der Waals surface area contributed by atoms with Crippen molar-refractivity contribution in [3.8, 4) is 0 Å². The number of aromatic nitrogens is 1. The van der Waals surface area contributed by atoms with Crippen molar-refractivity contribution in [2.24, 2.45) is 0 Å². The highest BCUT2D eigenvalue weighted by Gasteiger charge is 2.46. The fraction of sp³-hybridized carbons (Fsp3) is 0.167. The van der Waals surface area contributed by atoms with E-state index in [0.29, 0.717) is 5.56 Å². The van der Waals surface area contributed by atoms with Crippen molar-refractivity contribution in [2.45, 2.75) is 18.9 Å². The van der Waals surface area contributed by atoms with Crippen LogP contribution < -0.4 is 9.88 Å². The number of benzene rings is 1.